The summed E-state index contributed by atoms with van der Waals surface area (Å²) < 4.78 is 36.4. The van der Waals surface area contributed by atoms with Gasteiger partial charge in [0.15, 0.2) is 0 Å². The molecule has 7 heteroatoms. The molecule has 1 aliphatic carbocycles. The van der Waals surface area contributed by atoms with Crippen molar-refractivity contribution in [1.29, 1.82) is 0 Å². The summed E-state index contributed by atoms with van der Waals surface area (Å²) in [4.78, 5) is 15.9. The molecule has 1 aromatic rings. The van der Waals surface area contributed by atoms with Gasteiger partial charge in [0.05, 0.1) is 12.2 Å². The summed E-state index contributed by atoms with van der Waals surface area (Å²) >= 11 is 0. The molecule has 0 spiro atoms. The van der Waals surface area contributed by atoms with E-state index >= 15 is 0 Å². The smallest absolute Gasteiger partial charge is 0.407 e. The largest absolute Gasteiger partial charge is 0.490 e. The van der Waals surface area contributed by atoms with E-state index in [4.69, 9.17) is 9.47 Å². The molecule has 0 aromatic carbocycles. The second-order valence-corrected chi connectivity index (χ2v) is 6.80. The number of aryl methyl sites for hydroxylation is 1. The number of alkyl halides is 2. The molecule has 1 amide bonds. The molecule has 1 fully saturated rings. The van der Waals surface area contributed by atoms with E-state index in [1.165, 1.54) is 0 Å². The van der Waals surface area contributed by atoms with Gasteiger partial charge in [-0.1, -0.05) is 0 Å². The van der Waals surface area contributed by atoms with Crippen LogP contribution in [-0.2, 0) is 11.3 Å². The molecule has 5 nitrogen and oxygen atoms in total. The molecular formula is C16H22F2N2O3. The van der Waals surface area contributed by atoms with Crippen LogP contribution in [0.1, 0.15) is 45.0 Å². The summed E-state index contributed by atoms with van der Waals surface area (Å²) in [5.41, 5.74) is 0.694. The molecule has 128 valence electrons. The Kier molecular flexibility index (Phi) is 4.77. The number of hydrogen-bond donors (Lipinski definition) is 1. The summed E-state index contributed by atoms with van der Waals surface area (Å²) in [5, 5.41) is 2.61. The fraction of sp³-hybridized carbons (Fsp3) is 0.625. The quantitative estimate of drug-likeness (QED) is 0.917. The number of nitrogens with one attached hydrogen (secondary N) is 1. The number of halogens is 2. The van der Waals surface area contributed by atoms with E-state index in [-0.39, 0.29) is 19.4 Å². The van der Waals surface area contributed by atoms with Crippen LogP contribution < -0.4 is 10.1 Å². The first kappa shape index (κ1) is 17.4. The third kappa shape index (κ3) is 5.65. The number of amides is 1. The lowest BCUT2D eigenvalue weighted by Gasteiger charge is -2.34. The van der Waals surface area contributed by atoms with Crippen LogP contribution in [0.2, 0.25) is 0 Å². The number of alkyl carbamates (subject to hydrolysis) is 1. The maximum atomic E-state index is 12.8. The van der Waals surface area contributed by atoms with Crippen LogP contribution in [0.4, 0.5) is 13.6 Å². The lowest BCUT2D eigenvalue weighted by molar-refractivity contribution is -0.134. The molecule has 1 saturated carbocycles. The minimum absolute atomic E-state index is 0.174. The molecule has 1 aromatic heterocycles. The van der Waals surface area contributed by atoms with E-state index in [9.17, 15) is 13.6 Å². The lowest BCUT2D eigenvalue weighted by Crippen LogP contribution is -2.43. The fourth-order valence-electron chi connectivity index (χ4n) is 2.22. The number of carbonyl (C=O) groups excluding carboxylic acids is 1. The number of aromatic nitrogens is 1. The predicted molar refractivity (Wildman–Crippen MR) is 80.6 cm³/mol. The normalized spacial score (nSPS) is 17.3. The second kappa shape index (κ2) is 6.29. The van der Waals surface area contributed by atoms with E-state index in [0.29, 0.717) is 17.1 Å². The molecule has 0 unspecified atom stereocenters. The summed E-state index contributed by atoms with van der Waals surface area (Å²) in [6.45, 7) is 7.28. The Bertz CT molecular complexity index is 577. The summed E-state index contributed by atoms with van der Waals surface area (Å²) in [6, 6.07) is 3.33. The topological polar surface area (TPSA) is 60.5 Å². The maximum absolute atomic E-state index is 12.8. The monoisotopic (exact) mass is 328 g/mol. The average Bonchev–Trinajstić information content (AvgIpc) is 2.31. The van der Waals surface area contributed by atoms with Crippen LogP contribution in [-0.4, -0.2) is 28.7 Å². The van der Waals surface area contributed by atoms with Crippen molar-refractivity contribution >= 4 is 6.09 Å². The molecule has 0 saturated heterocycles. The lowest BCUT2D eigenvalue weighted by atomic mass is 9.91. The van der Waals surface area contributed by atoms with Crippen molar-refractivity contribution in [3.8, 4) is 5.75 Å². The van der Waals surface area contributed by atoms with Gasteiger partial charge in [0.2, 0.25) is 0 Å². The number of rotatable bonds is 4. The Morgan fingerprint density at radius 1 is 1.39 bits per heavy atom. The summed E-state index contributed by atoms with van der Waals surface area (Å²) in [5.74, 6) is -2.13. The molecule has 23 heavy (non-hydrogen) atoms. The Morgan fingerprint density at radius 3 is 2.61 bits per heavy atom. The minimum Gasteiger partial charge on any atom is -0.490 e. The van der Waals surface area contributed by atoms with Crippen LogP contribution in [0.15, 0.2) is 12.1 Å². The van der Waals surface area contributed by atoms with Crippen molar-refractivity contribution in [3.63, 3.8) is 0 Å². The van der Waals surface area contributed by atoms with Crippen molar-refractivity contribution in [2.24, 2.45) is 0 Å². The third-order valence-electron chi connectivity index (χ3n) is 3.15. The van der Waals surface area contributed by atoms with E-state index in [1.807, 2.05) is 0 Å². The van der Waals surface area contributed by atoms with Gasteiger partial charge in [-0.05, 0) is 27.7 Å². The van der Waals surface area contributed by atoms with E-state index in [1.54, 1.807) is 39.8 Å². The fourth-order valence-corrected chi connectivity index (χ4v) is 2.22. The number of carbonyl (C=O) groups is 1. The number of hydrogen-bond acceptors (Lipinski definition) is 4. The zero-order valence-electron chi connectivity index (χ0n) is 13.8. The molecule has 2 rings (SSSR count). The Hall–Kier alpha value is -1.92. The van der Waals surface area contributed by atoms with Gasteiger partial charge in [-0.2, -0.15) is 0 Å². The van der Waals surface area contributed by atoms with E-state index in [2.05, 4.69) is 10.3 Å². The van der Waals surface area contributed by atoms with Crippen LogP contribution in [0.3, 0.4) is 0 Å². The van der Waals surface area contributed by atoms with Gasteiger partial charge in [0.1, 0.15) is 17.5 Å². The summed E-state index contributed by atoms with van der Waals surface area (Å²) in [6.07, 6.45) is -1.54. The van der Waals surface area contributed by atoms with Gasteiger partial charge in [-0.25, -0.2) is 13.6 Å². The predicted octanol–water partition coefficient (Wildman–Crippen LogP) is 3.59. The average molecular weight is 328 g/mol. The zero-order valence-corrected chi connectivity index (χ0v) is 13.8. The molecule has 1 N–H and O–H groups in total. The molecular weight excluding hydrogens is 306 g/mol. The Balaban J connectivity index is 1.91. The van der Waals surface area contributed by atoms with Gasteiger partial charge in [0.25, 0.3) is 5.92 Å². The van der Waals surface area contributed by atoms with E-state index in [0.717, 1.165) is 0 Å². The molecule has 0 atom stereocenters. The van der Waals surface area contributed by atoms with Gasteiger partial charge in [0, 0.05) is 30.7 Å². The van der Waals surface area contributed by atoms with Gasteiger partial charge in [-0.3, -0.25) is 4.98 Å². The number of pyridine rings is 1. The van der Waals surface area contributed by atoms with Crippen LogP contribution in [0.5, 0.6) is 5.75 Å². The van der Waals surface area contributed by atoms with Crippen molar-refractivity contribution in [2.45, 2.75) is 64.7 Å². The number of ether oxygens (including phenoxy) is 2. The Labute approximate surface area is 134 Å². The maximum Gasteiger partial charge on any atom is 0.407 e. The highest BCUT2D eigenvalue weighted by atomic mass is 19.3. The molecule has 0 radical (unpaired) electrons. The molecule has 0 aliphatic heterocycles. The molecule has 1 aliphatic rings. The first-order chi connectivity index (χ1) is 10.5. The Morgan fingerprint density at radius 2 is 2.04 bits per heavy atom. The van der Waals surface area contributed by atoms with Gasteiger partial charge >= 0.3 is 6.09 Å². The standard InChI is InChI=1S/C16H22F2N2O3/c1-10-5-12(22-13-7-16(17,18)8-13)6-11(20-10)9-19-14(21)23-15(2,3)4/h5-6,13H,7-9H2,1-4H3,(H,19,21). The van der Waals surface area contributed by atoms with Crippen LogP contribution in [0.25, 0.3) is 0 Å². The second-order valence-electron chi connectivity index (χ2n) is 6.80. The minimum atomic E-state index is -2.62. The molecule has 0 bridgehead atoms. The van der Waals surface area contributed by atoms with Gasteiger partial charge in [-0.15, -0.1) is 0 Å². The molecule has 1 heterocycles. The SMILES string of the molecule is Cc1cc(OC2CC(F)(F)C2)cc(CNC(=O)OC(C)(C)C)n1. The van der Waals surface area contributed by atoms with Crippen LogP contribution in [0, 0.1) is 6.92 Å². The van der Waals surface area contributed by atoms with Gasteiger partial charge < -0.3 is 14.8 Å². The van der Waals surface area contributed by atoms with Crippen molar-refractivity contribution in [1.82, 2.24) is 10.3 Å². The van der Waals surface area contributed by atoms with Crippen LogP contribution >= 0.6 is 0 Å². The first-order valence-electron chi connectivity index (χ1n) is 7.51. The highest BCUT2D eigenvalue weighted by molar-refractivity contribution is 5.67. The first-order valence-corrected chi connectivity index (χ1v) is 7.51. The zero-order chi connectivity index (χ0) is 17.3. The highest BCUT2D eigenvalue weighted by Gasteiger charge is 2.47. The van der Waals surface area contributed by atoms with E-state index < -0.39 is 23.7 Å². The number of nitrogens with zero attached hydrogens (tertiary/aromatic N) is 1. The van der Waals surface area contributed by atoms with Crippen molar-refractivity contribution < 1.29 is 23.0 Å². The highest BCUT2D eigenvalue weighted by Crippen LogP contribution is 2.39. The third-order valence-corrected chi connectivity index (χ3v) is 3.15. The summed E-state index contributed by atoms with van der Waals surface area (Å²) in [7, 11) is 0. The van der Waals surface area contributed by atoms with Crippen molar-refractivity contribution in [3.05, 3.63) is 23.5 Å². The van der Waals surface area contributed by atoms with Crippen molar-refractivity contribution in [2.75, 3.05) is 0 Å².